The molecule has 0 N–H and O–H groups in total. The summed E-state index contributed by atoms with van der Waals surface area (Å²) in [6, 6.07) is 11.2. The Balaban J connectivity index is 2.13. The van der Waals surface area contributed by atoms with Crippen molar-refractivity contribution >= 4 is 38.6 Å². The summed E-state index contributed by atoms with van der Waals surface area (Å²) < 4.78 is 38.9. The molecule has 7 nitrogen and oxygen atoms in total. The van der Waals surface area contributed by atoms with Crippen LogP contribution in [0.25, 0.3) is 11.0 Å². The summed E-state index contributed by atoms with van der Waals surface area (Å²) in [7, 11) is -4.19. The molecule has 0 spiro atoms. The normalized spacial score (nSPS) is 11.7. The molecular formula is C26H31NO6S. The number of aryl methyl sites for hydroxylation is 1. The molecule has 0 bridgehead atoms. The molecule has 0 radical (unpaired) electrons. The van der Waals surface area contributed by atoms with Gasteiger partial charge in [-0.3, -0.25) is 4.79 Å². The van der Waals surface area contributed by atoms with E-state index in [1.807, 2.05) is 6.92 Å². The number of benzene rings is 2. The van der Waals surface area contributed by atoms with Crippen molar-refractivity contribution in [2.24, 2.45) is 5.92 Å². The minimum absolute atomic E-state index is 0.0264. The van der Waals surface area contributed by atoms with E-state index in [1.165, 1.54) is 24.3 Å². The number of amides is 1. The van der Waals surface area contributed by atoms with Gasteiger partial charge in [-0.15, -0.1) is 0 Å². The fraction of sp³-hybridized carbons (Fsp3) is 0.385. The number of fused-ring (bicyclic) bond motifs is 1. The van der Waals surface area contributed by atoms with Gasteiger partial charge in [-0.1, -0.05) is 32.9 Å². The summed E-state index contributed by atoms with van der Waals surface area (Å²) in [5.41, 5.74) is 1.79. The topological polar surface area (TPSA) is 93.9 Å². The van der Waals surface area contributed by atoms with E-state index in [0.29, 0.717) is 29.1 Å². The molecule has 2 aromatic carbocycles. The molecule has 1 amide bonds. The van der Waals surface area contributed by atoms with Crippen LogP contribution in [-0.2, 0) is 26.0 Å². The van der Waals surface area contributed by atoms with Crippen molar-refractivity contribution in [1.82, 2.24) is 0 Å². The number of rotatable bonds is 9. The maximum atomic E-state index is 13.6. The number of hydrogen-bond acceptors (Lipinski definition) is 6. The largest absolute Gasteiger partial charge is 0.462 e. The second-order valence-electron chi connectivity index (χ2n) is 8.59. The summed E-state index contributed by atoms with van der Waals surface area (Å²) in [5, 5.41) is 0.394. The summed E-state index contributed by atoms with van der Waals surface area (Å²) in [6.07, 6.45) is 1.36. The quantitative estimate of drug-likeness (QED) is 0.364. The Hall–Kier alpha value is -3.13. The summed E-state index contributed by atoms with van der Waals surface area (Å²) in [5.74, 6) is -0.318. The lowest BCUT2D eigenvalue weighted by atomic mass is 10.0. The highest BCUT2D eigenvalue weighted by Crippen LogP contribution is 2.33. The zero-order chi connectivity index (χ0) is 25.0. The smallest absolute Gasteiger partial charge is 0.342 e. The SMILES string of the molecule is CCCC(=O)N(c1ccc2oc(C)c(C(=O)OCC)c2c1)S(=O)(=O)c1ccc(CC(C)C)cc1. The molecule has 1 aromatic heterocycles. The van der Waals surface area contributed by atoms with Crippen molar-refractivity contribution in [3.05, 3.63) is 59.4 Å². The number of carbonyl (C=O) groups excluding carboxylic acids is 2. The van der Waals surface area contributed by atoms with Gasteiger partial charge in [0.2, 0.25) is 5.91 Å². The summed E-state index contributed by atoms with van der Waals surface area (Å²) >= 11 is 0. The van der Waals surface area contributed by atoms with Gasteiger partial charge in [0.05, 0.1) is 17.2 Å². The van der Waals surface area contributed by atoms with E-state index in [4.69, 9.17) is 9.15 Å². The first-order valence-corrected chi connectivity index (χ1v) is 12.9. The third kappa shape index (κ3) is 5.17. The number of nitrogens with zero attached hydrogens (tertiary/aromatic N) is 1. The molecule has 0 aliphatic carbocycles. The van der Waals surface area contributed by atoms with E-state index < -0.39 is 21.9 Å². The van der Waals surface area contributed by atoms with Crippen molar-refractivity contribution in [3.63, 3.8) is 0 Å². The second-order valence-corrected chi connectivity index (χ2v) is 10.4. The Labute approximate surface area is 200 Å². The summed E-state index contributed by atoms with van der Waals surface area (Å²) in [6.45, 7) is 9.52. The van der Waals surface area contributed by atoms with E-state index in [2.05, 4.69) is 13.8 Å². The Morgan fingerprint density at radius 3 is 2.32 bits per heavy atom. The van der Waals surface area contributed by atoms with Crippen molar-refractivity contribution in [3.8, 4) is 0 Å². The van der Waals surface area contributed by atoms with Crippen LogP contribution in [0, 0.1) is 12.8 Å². The molecule has 0 atom stereocenters. The third-order valence-electron chi connectivity index (χ3n) is 5.36. The van der Waals surface area contributed by atoms with Gasteiger partial charge in [-0.05, 0) is 68.5 Å². The standard InChI is InChI=1S/C26H31NO6S/c1-6-8-24(28)27(34(30,31)21-12-9-19(10-13-21)15-17(3)4)20-11-14-23-22(16-20)25(18(5)33-23)26(29)32-7-2/h9-14,16-17H,6-8,15H2,1-5H3. The molecule has 8 heteroatoms. The molecule has 0 saturated carbocycles. The lowest BCUT2D eigenvalue weighted by molar-refractivity contribution is -0.117. The molecule has 34 heavy (non-hydrogen) atoms. The van der Waals surface area contributed by atoms with E-state index in [0.717, 1.165) is 16.3 Å². The summed E-state index contributed by atoms with van der Waals surface area (Å²) in [4.78, 5) is 25.6. The highest BCUT2D eigenvalue weighted by Gasteiger charge is 2.31. The second kappa shape index (κ2) is 10.4. The van der Waals surface area contributed by atoms with E-state index >= 15 is 0 Å². The van der Waals surface area contributed by atoms with Crippen molar-refractivity contribution in [2.75, 3.05) is 10.9 Å². The fourth-order valence-electron chi connectivity index (χ4n) is 3.90. The molecule has 0 saturated heterocycles. The van der Waals surface area contributed by atoms with Gasteiger partial charge < -0.3 is 9.15 Å². The average Bonchev–Trinajstić information content (AvgIpc) is 3.09. The van der Waals surface area contributed by atoms with Gasteiger partial charge in [-0.2, -0.15) is 0 Å². The molecule has 0 aliphatic heterocycles. The van der Waals surface area contributed by atoms with Gasteiger partial charge in [0.1, 0.15) is 16.9 Å². The number of carbonyl (C=O) groups is 2. The highest BCUT2D eigenvalue weighted by molar-refractivity contribution is 7.93. The molecule has 182 valence electrons. The van der Waals surface area contributed by atoms with Crippen LogP contribution in [0.4, 0.5) is 5.69 Å². The van der Waals surface area contributed by atoms with Crippen LogP contribution in [0.15, 0.2) is 51.8 Å². The number of hydrogen-bond donors (Lipinski definition) is 0. The monoisotopic (exact) mass is 485 g/mol. The van der Waals surface area contributed by atoms with Crippen LogP contribution in [0.1, 0.15) is 62.2 Å². The predicted molar refractivity (Wildman–Crippen MR) is 131 cm³/mol. The fourth-order valence-corrected chi connectivity index (χ4v) is 5.34. The van der Waals surface area contributed by atoms with E-state index in [9.17, 15) is 18.0 Å². The lowest BCUT2D eigenvalue weighted by Crippen LogP contribution is -2.36. The first-order chi connectivity index (χ1) is 16.1. The van der Waals surface area contributed by atoms with Crippen LogP contribution in [0.3, 0.4) is 0 Å². The lowest BCUT2D eigenvalue weighted by Gasteiger charge is -2.23. The number of sulfonamides is 1. The highest BCUT2D eigenvalue weighted by atomic mass is 32.2. The molecule has 3 rings (SSSR count). The Bertz CT molecular complexity index is 1290. The minimum atomic E-state index is -4.19. The average molecular weight is 486 g/mol. The van der Waals surface area contributed by atoms with Crippen molar-refractivity contribution in [2.45, 2.75) is 58.8 Å². The van der Waals surface area contributed by atoms with Gasteiger partial charge in [0.25, 0.3) is 10.0 Å². The van der Waals surface area contributed by atoms with Crippen LogP contribution >= 0.6 is 0 Å². The Morgan fingerprint density at radius 2 is 1.74 bits per heavy atom. The Morgan fingerprint density at radius 1 is 1.06 bits per heavy atom. The minimum Gasteiger partial charge on any atom is -0.462 e. The first-order valence-electron chi connectivity index (χ1n) is 11.5. The zero-order valence-corrected chi connectivity index (χ0v) is 21.1. The maximum absolute atomic E-state index is 13.6. The molecular weight excluding hydrogens is 454 g/mol. The Kier molecular flexibility index (Phi) is 7.82. The van der Waals surface area contributed by atoms with E-state index in [-0.39, 0.29) is 29.2 Å². The zero-order valence-electron chi connectivity index (χ0n) is 20.3. The third-order valence-corrected chi connectivity index (χ3v) is 7.12. The van der Waals surface area contributed by atoms with Gasteiger partial charge in [0, 0.05) is 11.8 Å². The molecule has 0 fully saturated rings. The number of esters is 1. The molecule has 3 aromatic rings. The van der Waals surface area contributed by atoms with Crippen LogP contribution in [0.2, 0.25) is 0 Å². The van der Waals surface area contributed by atoms with Crippen LogP contribution < -0.4 is 4.31 Å². The van der Waals surface area contributed by atoms with E-state index in [1.54, 1.807) is 32.0 Å². The molecule has 0 aliphatic rings. The van der Waals surface area contributed by atoms with Crippen LogP contribution in [-0.4, -0.2) is 26.9 Å². The first kappa shape index (κ1) is 25.5. The molecule has 0 unspecified atom stereocenters. The van der Waals surface area contributed by atoms with Crippen molar-refractivity contribution in [1.29, 1.82) is 0 Å². The number of ether oxygens (including phenoxy) is 1. The van der Waals surface area contributed by atoms with Crippen molar-refractivity contribution < 1.29 is 27.2 Å². The van der Waals surface area contributed by atoms with Gasteiger partial charge in [0.15, 0.2) is 0 Å². The predicted octanol–water partition coefficient (Wildman–Crippen LogP) is 5.64. The molecule has 1 heterocycles. The van der Waals surface area contributed by atoms with Gasteiger partial charge >= 0.3 is 5.97 Å². The van der Waals surface area contributed by atoms with Crippen LogP contribution in [0.5, 0.6) is 0 Å². The number of anilines is 1. The van der Waals surface area contributed by atoms with Gasteiger partial charge in [-0.25, -0.2) is 17.5 Å². The maximum Gasteiger partial charge on any atom is 0.342 e. The number of furan rings is 1.